The number of sulfonamides is 2. The summed E-state index contributed by atoms with van der Waals surface area (Å²) in [5.41, 5.74) is -6.75. The van der Waals surface area contributed by atoms with Crippen molar-refractivity contribution in [1.82, 2.24) is 4.13 Å². The molecule has 0 fully saturated rings. The van der Waals surface area contributed by atoms with Gasteiger partial charge in [0.2, 0.25) is 0 Å². The lowest BCUT2D eigenvalue weighted by Crippen LogP contribution is -2.42. The van der Waals surface area contributed by atoms with Crippen molar-refractivity contribution >= 4 is 26.0 Å². The van der Waals surface area contributed by atoms with Gasteiger partial charge in [0.15, 0.2) is 0 Å². The van der Waals surface area contributed by atoms with E-state index >= 15 is 0 Å². The summed E-state index contributed by atoms with van der Waals surface area (Å²) >= 11 is 0. The van der Waals surface area contributed by atoms with Crippen molar-refractivity contribution in [2.24, 2.45) is 16.7 Å². The number of esters is 1. The lowest BCUT2D eigenvalue weighted by atomic mass is 9.64. The first-order valence-corrected chi connectivity index (χ1v) is 14.4. The molecule has 1 unspecified atom stereocenters. The van der Waals surface area contributed by atoms with Crippen molar-refractivity contribution in [2.45, 2.75) is 78.6 Å². The minimum Gasteiger partial charge on any atom is -0.493 e. The Kier molecular flexibility index (Phi) is 12.4. The number of carbonyl (C=O) groups is 1. The summed E-state index contributed by atoms with van der Waals surface area (Å²) in [6.07, 6.45) is 1.01. The van der Waals surface area contributed by atoms with E-state index in [0.717, 1.165) is 12.1 Å². The van der Waals surface area contributed by atoms with Gasteiger partial charge in [0.05, 0.1) is 23.5 Å². The van der Waals surface area contributed by atoms with E-state index < -0.39 is 35.9 Å². The molecule has 0 spiro atoms. The predicted octanol–water partition coefficient (Wildman–Crippen LogP) is 5.25. The summed E-state index contributed by atoms with van der Waals surface area (Å²) in [5, 5.41) is 0. The zero-order chi connectivity index (χ0) is 28.6. The van der Waals surface area contributed by atoms with Crippen LogP contribution in [0.2, 0.25) is 0 Å². The molecule has 8 nitrogen and oxygen atoms in total. The number of hydrogen-bond donors (Lipinski definition) is 1. The molecule has 1 atom stereocenters. The highest BCUT2D eigenvalue weighted by Crippen LogP contribution is 2.44. The number of hydrogen-bond acceptors (Lipinski definition) is 7. The Hall–Kier alpha value is -1.86. The highest BCUT2D eigenvalue weighted by atomic mass is 32.3. The quantitative estimate of drug-likeness (QED) is 0.290. The van der Waals surface area contributed by atoms with E-state index in [1.165, 1.54) is 12.1 Å². The second-order valence-electron chi connectivity index (χ2n) is 9.53. The molecule has 0 heterocycles. The number of halogens is 3. The minimum absolute atomic E-state index is 0.105. The van der Waals surface area contributed by atoms with Gasteiger partial charge < -0.3 is 9.47 Å². The van der Waals surface area contributed by atoms with Gasteiger partial charge >= 0.3 is 21.5 Å². The largest absolute Gasteiger partial charge is 0.512 e. The molecule has 0 aliphatic carbocycles. The Morgan fingerprint density at radius 2 is 1.44 bits per heavy atom. The van der Waals surface area contributed by atoms with Gasteiger partial charge in [-0.1, -0.05) is 52.6 Å². The molecule has 0 aliphatic rings. The normalized spacial score (nSPS) is 14.4. The highest BCUT2D eigenvalue weighted by Gasteiger charge is 2.48. The monoisotopic (exact) mass is 561 g/mol. The fourth-order valence-electron chi connectivity index (χ4n) is 3.04. The summed E-state index contributed by atoms with van der Waals surface area (Å²) in [5.74, 6) is 0.198. The van der Waals surface area contributed by atoms with Gasteiger partial charge in [-0.25, -0.2) is 16.8 Å². The van der Waals surface area contributed by atoms with Gasteiger partial charge in [-0.3, -0.25) is 4.79 Å². The fraction of sp³-hybridized carbons (Fsp3) is 0.696. The van der Waals surface area contributed by atoms with E-state index in [1.54, 1.807) is 0 Å². The molecule has 1 rings (SSSR count). The van der Waals surface area contributed by atoms with E-state index in [2.05, 4.69) is 0 Å². The molecule has 1 N–H and O–H groups in total. The van der Waals surface area contributed by atoms with Crippen LogP contribution >= 0.6 is 0 Å². The molecule has 0 radical (unpaired) electrons. The van der Waals surface area contributed by atoms with Crippen LogP contribution < -0.4 is 8.86 Å². The third kappa shape index (κ3) is 9.55. The Morgan fingerprint density at radius 1 is 0.944 bits per heavy atom. The van der Waals surface area contributed by atoms with Crippen molar-refractivity contribution in [2.75, 3.05) is 13.2 Å². The van der Waals surface area contributed by atoms with Gasteiger partial charge in [-0.05, 0) is 48.9 Å². The fourth-order valence-corrected chi connectivity index (χ4v) is 5.45. The van der Waals surface area contributed by atoms with E-state index in [9.17, 15) is 34.8 Å². The van der Waals surface area contributed by atoms with Gasteiger partial charge in [0.25, 0.3) is 10.0 Å². The summed E-state index contributed by atoms with van der Waals surface area (Å²) < 4.78 is 94.7. The number of ether oxygens (including phenoxy) is 2. The summed E-state index contributed by atoms with van der Waals surface area (Å²) in [4.78, 5) is 12.0. The standard InChI is InChI=1S/C21H32F3NO7S2.C2H6/c1-15(2)14-20(6,19(3,4)5)18(26)32-13-7-12-31-16-8-10-17(11-9-16)33(27,28)25-34(29,30)21(22,23)24;1-2/h8-11,15,25H,7,12-14H2,1-6H3;1-2H3. The van der Waals surface area contributed by atoms with Crippen LogP contribution in [0.4, 0.5) is 13.2 Å². The molecular weight excluding hydrogens is 523 g/mol. The number of benzene rings is 1. The molecule has 0 saturated heterocycles. The van der Waals surface area contributed by atoms with Crippen LogP contribution in [-0.4, -0.2) is 41.5 Å². The topological polar surface area (TPSA) is 116 Å². The molecule has 36 heavy (non-hydrogen) atoms. The van der Waals surface area contributed by atoms with E-state index in [1.807, 2.05) is 55.4 Å². The van der Waals surface area contributed by atoms with Crippen molar-refractivity contribution in [3.05, 3.63) is 24.3 Å². The Morgan fingerprint density at radius 3 is 1.86 bits per heavy atom. The van der Waals surface area contributed by atoms with Crippen LogP contribution in [0.15, 0.2) is 29.2 Å². The van der Waals surface area contributed by atoms with Crippen molar-refractivity contribution in [3.8, 4) is 5.75 Å². The number of rotatable bonds is 11. The second-order valence-corrected chi connectivity index (χ2v) is 13.1. The van der Waals surface area contributed by atoms with Gasteiger partial charge in [-0.2, -0.15) is 13.2 Å². The lowest BCUT2D eigenvalue weighted by molar-refractivity contribution is -0.163. The van der Waals surface area contributed by atoms with E-state index in [-0.39, 0.29) is 30.3 Å². The molecule has 0 bridgehead atoms. The Labute approximate surface area is 213 Å². The predicted molar refractivity (Wildman–Crippen MR) is 131 cm³/mol. The molecule has 1 aromatic rings. The second kappa shape index (κ2) is 13.1. The zero-order valence-corrected chi connectivity index (χ0v) is 23.7. The maximum Gasteiger partial charge on any atom is 0.512 e. The summed E-state index contributed by atoms with van der Waals surface area (Å²) in [6, 6.07) is 4.15. The van der Waals surface area contributed by atoms with Gasteiger partial charge in [0.1, 0.15) is 5.75 Å². The van der Waals surface area contributed by atoms with Crippen LogP contribution in [0, 0.1) is 16.7 Å². The molecule has 13 heteroatoms. The van der Waals surface area contributed by atoms with Crippen LogP contribution in [0.1, 0.15) is 68.2 Å². The lowest BCUT2D eigenvalue weighted by Gasteiger charge is -2.40. The average molecular weight is 562 g/mol. The van der Waals surface area contributed by atoms with Crippen molar-refractivity contribution < 1.29 is 44.3 Å². The minimum atomic E-state index is -6.08. The number of nitrogens with one attached hydrogen (secondary N) is 1. The first-order chi connectivity index (χ1) is 16.2. The van der Waals surface area contributed by atoms with Crippen LogP contribution in [0.3, 0.4) is 0 Å². The molecule has 0 saturated carbocycles. The summed E-state index contributed by atoms with van der Waals surface area (Å²) in [6.45, 7) is 16.1. The van der Waals surface area contributed by atoms with Crippen molar-refractivity contribution in [3.63, 3.8) is 0 Å². The van der Waals surface area contributed by atoms with E-state index in [4.69, 9.17) is 9.47 Å². The van der Waals surface area contributed by atoms with Crippen molar-refractivity contribution in [1.29, 1.82) is 0 Å². The molecule has 0 aromatic heterocycles. The van der Waals surface area contributed by atoms with Gasteiger partial charge in [0, 0.05) is 6.42 Å². The smallest absolute Gasteiger partial charge is 0.493 e. The molecule has 210 valence electrons. The average Bonchev–Trinajstić information content (AvgIpc) is 2.72. The molecule has 1 aromatic carbocycles. The third-order valence-electron chi connectivity index (χ3n) is 5.37. The molecular formula is C23H38F3NO7S2. The van der Waals surface area contributed by atoms with Gasteiger partial charge in [-0.15, -0.1) is 0 Å². The SMILES string of the molecule is CC.CC(C)CC(C)(C(=O)OCCCOc1ccc(S(=O)(=O)NS(=O)(=O)C(F)(F)F)cc1)C(C)(C)C. The maximum atomic E-state index is 12.7. The Balaban J connectivity index is 0.00000596. The maximum absolute atomic E-state index is 12.7. The first kappa shape index (κ1) is 34.1. The molecule has 0 amide bonds. The number of carbonyl (C=O) groups excluding carboxylic acids is 1. The van der Waals surface area contributed by atoms with Crippen LogP contribution in [-0.2, 0) is 29.6 Å². The van der Waals surface area contributed by atoms with E-state index in [0.29, 0.717) is 22.9 Å². The third-order valence-corrected chi connectivity index (χ3v) is 8.63. The molecule has 0 aliphatic heterocycles. The zero-order valence-electron chi connectivity index (χ0n) is 22.0. The Bertz CT molecular complexity index is 1050. The van der Waals surface area contributed by atoms with Crippen LogP contribution in [0.5, 0.6) is 5.75 Å². The van der Waals surface area contributed by atoms with Crippen LogP contribution in [0.25, 0.3) is 0 Å². The highest BCUT2D eigenvalue weighted by molar-refractivity contribution is 8.05. The first-order valence-electron chi connectivity index (χ1n) is 11.5. The number of alkyl halides is 3. The summed E-state index contributed by atoms with van der Waals surface area (Å²) in [7, 11) is -11.0.